The molecule has 0 saturated carbocycles. The Morgan fingerprint density at radius 3 is 2.16 bits per heavy atom. The zero-order valence-electron chi connectivity index (χ0n) is 15.5. The number of hydrogen-bond acceptors (Lipinski definition) is 3. The summed E-state index contributed by atoms with van der Waals surface area (Å²) in [5.74, 6) is 0.153. The van der Waals surface area contributed by atoms with Crippen molar-refractivity contribution in [2.75, 3.05) is 13.1 Å². The Morgan fingerprint density at radius 2 is 1.68 bits per heavy atom. The highest BCUT2D eigenvalue weighted by atomic mass is 32.2. The van der Waals surface area contributed by atoms with Crippen molar-refractivity contribution in [2.24, 2.45) is 5.92 Å². The van der Waals surface area contributed by atoms with Gasteiger partial charge in [-0.15, -0.1) is 0 Å². The maximum absolute atomic E-state index is 12.8. The summed E-state index contributed by atoms with van der Waals surface area (Å²) in [6.07, 6.45) is 3.89. The molecule has 0 aliphatic carbocycles. The van der Waals surface area contributed by atoms with Crippen molar-refractivity contribution in [3.63, 3.8) is 0 Å². The molecule has 1 aromatic rings. The van der Waals surface area contributed by atoms with Gasteiger partial charge in [0.15, 0.2) is 0 Å². The second-order valence-electron chi connectivity index (χ2n) is 6.70. The first kappa shape index (κ1) is 19.9. The third-order valence-electron chi connectivity index (χ3n) is 5.13. The Labute approximate surface area is 151 Å². The number of nitrogens with zero attached hydrogens (tertiary/aromatic N) is 1. The number of carbonyl (C=O) groups is 1. The van der Waals surface area contributed by atoms with E-state index in [0.717, 1.165) is 24.8 Å². The molecule has 2 rings (SSSR count). The molecule has 1 heterocycles. The summed E-state index contributed by atoms with van der Waals surface area (Å²) in [6, 6.07) is 7.19. The van der Waals surface area contributed by atoms with Crippen LogP contribution in [0.1, 0.15) is 52.0 Å². The minimum atomic E-state index is -3.44. The van der Waals surface area contributed by atoms with Crippen LogP contribution in [-0.4, -0.2) is 37.8 Å². The van der Waals surface area contributed by atoms with Crippen LogP contribution >= 0.6 is 0 Å². The molecule has 1 N–H and O–H groups in total. The van der Waals surface area contributed by atoms with Crippen molar-refractivity contribution < 1.29 is 13.2 Å². The quantitative estimate of drug-likeness (QED) is 0.807. The van der Waals surface area contributed by atoms with Gasteiger partial charge in [-0.25, -0.2) is 8.42 Å². The Balaban J connectivity index is 1.95. The Bertz CT molecular complexity index is 658. The van der Waals surface area contributed by atoms with E-state index in [4.69, 9.17) is 0 Å². The molecule has 1 amide bonds. The number of aryl methyl sites for hydroxylation is 1. The second kappa shape index (κ2) is 8.81. The highest BCUT2D eigenvalue weighted by molar-refractivity contribution is 7.89. The van der Waals surface area contributed by atoms with Crippen molar-refractivity contribution in [1.82, 2.24) is 9.62 Å². The fourth-order valence-corrected chi connectivity index (χ4v) is 4.73. The van der Waals surface area contributed by atoms with Gasteiger partial charge in [0, 0.05) is 25.0 Å². The van der Waals surface area contributed by atoms with Crippen LogP contribution in [0, 0.1) is 5.92 Å². The van der Waals surface area contributed by atoms with E-state index < -0.39 is 10.0 Å². The van der Waals surface area contributed by atoms with Gasteiger partial charge in [0.05, 0.1) is 4.90 Å². The zero-order chi connectivity index (χ0) is 18.4. The smallest absolute Gasteiger partial charge is 0.243 e. The number of benzene rings is 1. The lowest BCUT2D eigenvalue weighted by Crippen LogP contribution is -2.47. The molecule has 1 fully saturated rings. The lowest BCUT2D eigenvalue weighted by atomic mass is 10.0. The summed E-state index contributed by atoms with van der Waals surface area (Å²) in [6.45, 7) is 6.99. The van der Waals surface area contributed by atoms with Crippen LogP contribution in [0.2, 0.25) is 0 Å². The summed E-state index contributed by atoms with van der Waals surface area (Å²) >= 11 is 0. The van der Waals surface area contributed by atoms with Gasteiger partial charge in [-0.3, -0.25) is 4.79 Å². The van der Waals surface area contributed by atoms with Gasteiger partial charge in [0.1, 0.15) is 0 Å². The van der Waals surface area contributed by atoms with Crippen LogP contribution in [0.3, 0.4) is 0 Å². The van der Waals surface area contributed by atoms with Crippen molar-refractivity contribution >= 4 is 15.9 Å². The topological polar surface area (TPSA) is 66.5 Å². The maximum atomic E-state index is 12.8. The summed E-state index contributed by atoms with van der Waals surface area (Å²) in [7, 11) is -3.44. The van der Waals surface area contributed by atoms with Gasteiger partial charge in [-0.1, -0.05) is 32.9 Å². The fraction of sp³-hybridized carbons (Fsp3) is 0.632. The van der Waals surface area contributed by atoms with Gasteiger partial charge in [0.2, 0.25) is 15.9 Å². The summed E-state index contributed by atoms with van der Waals surface area (Å²) in [5.41, 5.74) is 1.13. The molecule has 1 aliphatic heterocycles. The molecule has 0 spiro atoms. The molecule has 1 aliphatic rings. The highest BCUT2D eigenvalue weighted by Crippen LogP contribution is 2.22. The predicted molar refractivity (Wildman–Crippen MR) is 99.8 cm³/mol. The van der Waals surface area contributed by atoms with Crippen molar-refractivity contribution in [3.05, 3.63) is 29.8 Å². The van der Waals surface area contributed by atoms with Gasteiger partial charge in [-0.05, 0) is 49.8 Å². The Kier molecular flexibility index (Phi) is 7.02. The number of piperidine rings is 1. The number of nitrogens with one attached hydrogen (secondary N) is 1. The van der Waals surface area contributed by atoms with Crippen molar-refractivity contribution in [2.45, 2.75) is 63.8 Å². The molecule has 0 unspecified atom stereocenters. The molecular formula is C19H30N2O3S. The van der Waals surface area contributed by atoms with Gasteiger partial charge < -0.3 is 5.32 Å². The third-order valence-corrected chi connectivity index (χ3v) is 7.04. The highest BCUT2D eigenvalue weighted by Gasteiger charge is 2.30. The first-order chi connectivity index (χ1) is 11.9. The van der Waals surface area contributed by atoms with Gasteiger partial charge in [0.25, 0.3) is 0 Å². The number of carbonyl (C=O) groups excluding carboxylic acids is 1. The van der Waals surface area contributed by atoms with E-state index >= 15 is 0 Å². The molecular weight excluding hydrogens is 336 g/mol. The Hall–Kier alpha value is -1.40. The summed E-state index contributed by atoms with van der Waals surface area (Å²) in [5, 5.41) is 3.09. The molecule has 0 aromatic heterocycles. The number of amides is 1. The van der Waals surface area contributed by atoms with E-state index in [1.165, 1.54) is 4.31 Å². The predicted octanol–water partition coefficient (Wildman–Crippen LogP) is 2.95. The van der Waals surface area contributed by atoms with E-state index in [0.29, 0.717) is 30.8 Å². The van der Waals surface area contributed by atoms with E-state index in [-0.39, 0.29) is 17.9 Å². The van der Waals surface area contributed by atoms with Gasteiger partial charge in [-0.2, -0.15) is 4.31 Å². The fourth-order valence-electron chi connectivity index (χ4n) is 3.27. The molecule has 25 heavy (non-hydrogen) atoms. The second-order valence-corrected chi connectivity index (χ2v) is 8.64. The van der Waals surface area contributed by atoms with E-state index in [2.05, 4.69) is 5.32 Å². The van der Waals surface area contributed by atoms with Crippen molar-refractivity contribution in [1.29, 1.82) is 0 Å². The van der Waals surface area contributed by atoms with Crippen LogP contribution in [0.4, 0.5) is 0 Å². The van der Waals surface area contributed by atoms with E-state index in [9.17, 15) is 13.2 Å². The minimum Gasteiger partial charge on any atom is -0.353 e. The monoisotopic (exact) mass is 366 g/mol. The maximum Gasteiger partial charge on any atom is 0.243 e. The molecule has 5 nitrogen and oxygen atoms in total. The first-order valence-electron chi connectivity index (χ1n) is 9.31. The average molecular weight is 367 g/mol. The summed E-state index contributed by atoms with van der Waals surface area (Å²) < 4.78 is 27.0. The Morgan fingerprint density at radius 1 is 1.12 bits per heavy atom. The van der Waals surface area contributed by atoms with E-state index in [1.54, 1.807) is 12.1 Å². The van der Waals surface area contributed by atoms with E-state index in [1.807, 2.05) is 32.9 Å². The zero-order valence-corrected chi connectivity index (χ0v) is 16.3. The largest absolute Gasteiger partial charge is 0.353 e. The van der Waals surface area contributed by atoms with Gasteiger partial charge >= 0.3 is 0 Å². The number of sulfonamides is 1. The first-order valence-corrected chi connectivity index (χ1v) is 10.8. The normalized spacial score (nSPS) is 17.0. The van der Waals surface area contributed by atoms with Crippen LogP contribution in [0.25, 0.3) is 0 Å². The number of rotatable bonds is 7. The standard InChI is InChI=1S/C19H30N2O3S/c1-4-15-7-9-18(10-8-15)25(23,24)21-13-11-17(12-14-21)20-19(22)16(5-2)6-3/h7-10,16-17H,4-6,11-14H2,1-3H3,(H,20,22). The molecule has 6 heteroatoms. The van der Waals surface area contributed by atoms with Crippen LogP contribution in [-0.2, 0) is 21.2 Å². The number of hydrogen-bond donors (Lipinski definition) is 1. The molecule has 140 valence electrons. The van der Waals surface area contributed by atoms with Crippen LogP contribution in [0.15, 0.2) is 29.2 Å². The average Bonchev–Trinajstić information content (AvgIpc) is 2.63. The SMILES string of the molecule is CCc1ccc(S(=O)(=O)N2CCC(NC(=O)C(CC)CC)CC2)cc1. The molecule has 0 bridgehead atoms. The minimum absolute atomic E-state index is 0.0545. The lowest BCUT2D eigenvalue weighted by molar-refractivity contribution is -0.126. The van der Waals surface area contributed by atoms with Crippen molar-refractivity contribution in [3.8, 4) is 0 Å². The lowest BCUT2D eigenvalue weighted by Gasteiger charge is -2.32. The van der Waals surface area contributed by atoms with Crippen LogP contribution < -0.4 is 5.32 Å². The molecule has 0 atom stereocenters. The molecule has 1 saturated heterocycles. The molecule has 0 radical (unpaired) electrons. The van der Waals surface area contributed by atoms with Crippen LogP contribution in [0.5, 0.6) is 0 Å². The molecule has 1 aromatic carbocycles. The summed E-state index contributed by atoms with van der Waals surface area (Å²) in [4.78, 5) is 12.5. The third kappa shape index (κ3) is 4.82.